The van der Waals surface area contributed by atoms with Crippen molar-refractivity contribution in [3.05, 3.63) is 29.3 Å². The van der Waals surface area contributed by atoms with E-state index in [0.29, 0.717) is 37.3 Å². The largest absolute Gasteiger partial charge is 0.398 e. The number of nitrogen functional groups attached to an aromatic ring is 1. The molecule has 0 unspecified atom stereocenters. The maximum atomic E-state index is 12.1. The molecule has 0 radical (unpaired) electrons. The molecule has 0 aromatic heterocycles. The van der Waals surface area contributed by atoms with Crippen molar-refractivity contribution >= 4 is 11.6 Å². The van der Waals surface area contributed by atoms with Crippen molar-refractivity contribution in [2.45, 2.75) is 25.4 Å². The standard InChI is InChI=1S/C14H20N2O3/c1-10-2-3-12(15)11(8-10)13(17)16-9-14(18)4-6-19-7-5-14/h2-3,8,18H,4-7,9,15H2,1H3,(H,16,17). The fourth-order valence-corrected chi connectivity index (χ4v) is 2.13. The molecule has 1 aromatic rings. The Labute approximate surface area is 112 Å². The molecule has 1 aliphatic rings. The van der Waals surface area contributed by atoms with Crippen molar-refractivity contribution in [1.29, 1.82) is 0 Å². The van der Waals surface area contributed by atoms with Gasteiger partial charge in [0, 0.05) is 38.3 Å². The van der Waals surface area contributed by atoms with E-state index in [-0.39, 0.29) is 12.5 Å². The van der Waals surface area contributed by atoms with Crippen molar-refractivity contribution in [2.24, 2.45) is 0 Å². The van der Waals surface area contributed by atoms with Gasteiger partial charge >= 0.3 is 0 Å². The molecule has 1 heterocycles. The van der Waals surface area contributed by atoms with E-state index in [0.717, 1.165) is 5.56 Å². The number of hydrogen-bond donors (Lipinski definition) is 3. The van der Waals surface area contributed by atoms with Crippen LogP contribution in [0.2, 0.25) is 0 Å². The molecule has 4 N–H and O–H groups in total. The number of amides is 1. The molecule has 1 amide bonds. The van der Waals surface area contributed by atoms with Gasteiger partial charge in [-0.15, -0.1) is 0 Å². The quantitative estimate of drug-likeness (QED) is 0.707. The lowest BCUT2D eigenvalue weighted by atomic mass is 9.94. The van der Waals surface area contributed by atoms with Crippen LogP contribution in [0, 0.1) is 6.92 Å². The predicted octanol–water partition coefficient (Wildman–Crippen LogP) is 0.849. The molecule has 1 aromatic carbocycles. The van der Waals surface area contributed by atoms with Gasteiger partial charge in [0.25, 0.3) is 5.91 Å². The zero-order valence-electron chi connectivity index (χ0n) is 11.1. The van der Waals surface area contributed by atoms with E-state index in [1.807, 2.05) is 13.0 Å². The average Bonchev–Trinajstić information content (AvgIpc) is 2.40. The summed E-state index contributed by atoms with van der Waals surface area (Å²) in [5.74, 6) is -0.249. The summed E-state index contributed by atoms with van der Waals surface area (Å²) in [6.45, 7) is 3.18. The molecular weight excluding hydrogens is 244 g/mol. The first-order valence-corrected chi connectivity index (χ1v) is 6.45. The Morgan fingerprint density at radius 3 is 2.84 bits per heavy atom. The Kier molecular flexibility index (Phi) is 4.07. The molecule has 2 rings (SSSR count). The van der Waals surface area contributed by atoms with Crippen molar-refractivity contribution < 1.29 is 14.6 Å². The third-order valence-corrected chi connectivity index (χ3v) is 3.45. The minimum Gasteiger partial charge on any atom is -0.398 e. The summed E-state index contributed by atoms with van der Waals surface area (Å²) >= 11 is 0. The summed E-state index contributed by atoms with van der Waals surface area (Å²) in [5, 5.41) is 13.0. The van der Waals surface area contributed by atoms with Crippen LogP contribution >= 0.6 is 0 Å². The van der Waals surface area contributed by atoms with Crippen LogP contribution < -0.4 is 11.1 Å². The highest BCUT2D eigenvalue weighted by Crippen LogP contribution is 2.20. The lowest BCUT2D eigenvalue weighted by Gasteiger charge is -2.32. The summed E-state index contributed by atoms with van der Waals surface area (Å²) < 4.78 is 5.20. The van der Waals surface area contributed by atoms with Crippen molar-refractivity contribution in [2.75, 3.05) is 25.5 Å². The number of hydrogen-bond acceptors (Lipinski definition) is 4. The number of aryl methyl sites for hydroxylation is 1. The van der Waals surface area contributed by atoms with E-state index in [4.69, 9.17) is 10.5 Å². The SMILES string of the molecule is Cc1ccc(N)c(C(=O)NCC2(O)CCOCC2)c1. The van der Waals surface area contributed by atoms with Crippen LogP contribution in [-0.2, 0) is 4.74 Å². The minimum atomic E-state index is -0.869. The molecule has 0 saturated carbocycles. The molecule has 1 fully saturated rings. The number of anilines is 1. The summed E-state index contributed by atoms with van der Waals surface area (Å²) in [4.78, 5) is 12.1. The second-order valence-electron chi connectivity index (χ2n) is 5.11. The van der Waals surface area contributed by atoms with Crippen LogP contribution in [-0.4, -0.2) is 36.4 Å². The molecule has 104 valence electrons. The van der Waals surface area contributed by atoms with Gasteiger partial charge in [-0.2, -0.15) is 0 Å². The highest BCUT2D eigenvalue weighted by molar-refractivity contribution is 5.99. The Bertz CT molecular complexity index is 468. The summed E-state index contributed by atoms with van der Waals surface area (Å²) in [7, 11) is 0. The van der Waals surface area contributed by atoms with E-state index in [9.17, 15) is 9.90 Å². The Morgan fingerprint density at radius 1 is 1.47 bits per heavy atom. The Hall–Kier alpha value is -1.59. The van der Waals surface area contributed by atoms with Crippen molar-refractivity contribution in [3.63, 3.8) is 0 Å². The van der Waals surface area contributed by atoms with E-state index in [2.05, 4.69) is 5.32 Å². The first kappa shape index (κ1) is 13.8. The molecular formula is C14H20N2O3. The number of nitrogens with one attached hydrogen (secondary N) is 1. The molecule has 5 nitrogen and oxygen atoms in total. The molecule has 0 spiro atoms. The molecule has 5 heteroatoms. The lowest BCUT2D eigenvalue weighted by molar-refractivity contribution is -0.0605. The number of nitrogens with two attached hydrogens (primary N) is 1. The van der Waals surface area contributed by atoms with Gasteiger partial charge in [-0.1, -0.05) is 11.6 Å². The van der Waals surface area contributed by atoms with E-state index >= 15 is 0 Å². The molecule has 0 atom stereocenters. The summed E-state index contributed by atoms with van der Waals surface area (Å²) in [6.07, 6.45) is 1.08. The van der Waals surface area contributed by atoms with Crippen LogP contribution in [0.4, 0.5) is 5.69 Å². The second-order valence-corrected chi connectivity index (χ2v) is 5.11. The average molecular weight is 264 g/mol. The van der Waals surface area contributed by atoms with Crippen LogP contribution in [0.25, 0.3) is 0 Å². The smallest absolute Gasteiger partial charge is 0.253 e. The zero-order valence-corrected chi connectivity index (χ0v) is 11.1. The first-order valence-electron chi connectivity index (χ1n) is 6.45. The number of aliphatic hydroxyl groups is 1. The van der Waals surface area contributed by atoms with Crippen molar-refractivity contribution in [1.82, 2.24) is 5.32 Å². The second kappa shape index (κ2) is 5.59. The summed E-state index contributed by atoms with van der Waals surface area (Å²) in [6, 6.07) is 5.32. The Balaban J connectivity index is 1.99. The normalized spacial score (nSPS) is 18.0. The maximum absolute atomic E-state index is 12.1. The molecule has 0 bridgehead atoms. The van der Waals surface area contributed by atoms with Gasteiger partial charge in [0.2, 0.25) is 0 Å². The number of ether oxygens (including phenoxy) is 1. The van der Waals surface area contributed by atoms with Crippen LogP contribution in [0.15, 0.2) is 18.2 Å². The monoisotopic (exact) mass is 264 g/mol. The van der Waals surface area contributed by atoms with E-state index in [1.165, 1.54) is 0 Å². The minimum absolute atomic E-state index is 0.225. The van der Waals surface area contributed by atoms with Gasteiger partial charge in [-0.3, -0.25) is 4.79 Å². The third-order valence-electron chi connectivity index (χ3n) is 3.45. The molecule has 19 heavy (non-hydrogen) atoms. The van der Waals surface area contributed by atoms with Crippen molar-refractivity contribution in [3.8, 4) is 0 Å². The lowest BCUT2D eigenvalue weighted by Crippen LogP contribution is -2.46. The predicted molar refractivity (Wildman–Crippen MR) is 72.9 cm³/mol. The highest BCUT2D eigenvalue weighted by Gasteiger charge is 2.30. The maximum Gasteiger partial charge on any atom is 0.253 e. The molecule has 1 aliphatic heterocycles. The van der Waals surface area contributed by atoms with Crippen LogP contribution in [0.5, 0.6) is 0 Å². The third kappa shape index (κ3) is 3.45. The van der Waals surface area contributed by atoms with Gasteiger partial charge in [-0.25, -0.2) is 0 Å². The van der Waals surface area contributed by atoms with Gasteiger partial charge in [0.05, 0.1) is 11.2 Å². The zero-order chi connectivity index (χ0) is 13.9. The van der Waals surface area contributed by atoms with Crippen LogP contribution in [0.3, 0.4) is 0 Å². The van der Waals surface area contributed by atoms with Gasteiger partial charge < -0.3 is 20.9 Å². The number of benzene rings is 1. The molecule has 1 saturated heterocycles. The molecule has 0 aliphatic carbocycles. The number of rotatable bonds is 3. The van der Waals surface area contributed by atoms with Gasteiger partial charge in [-0.05, 0) is 19.1 Å². The van der Waals surface area contributed by atoms with E-state index in [1.54, 1.807) is 12.1 Å². The number of carbonyl (C=O) groups excluding carboxylic acids is 1. The highest BCUT2D eigenvalue weighted by atomic mass is 16.5. The summed E-state index contributed by atoms with van der Waals surface area (Å²) in [5.41, 5.74) is 6.80. The topological polar surface area (TPSA) is 84.6 Å². The Morgan fingerprint density at radius 2 is 2.16 bits per heavy atom. The van der Waals surface area contributed by atoms with Crippen LogP contribution in [0.1, 0.15) is 28.8 Å². The first-order chi connectivity index (χ1) is 9.00. The fourth-order valence-electron chi connectivity index (χ4n) is 2.13. The number of carbonyl (C=O) groups is 1. The van der Waals surface area contributed by atoms with E-state index < -0.39 is 5.60 Å². The van der Waals surface area contributed by atoms with Gasteiger partial charge in [0.15, 0.2) is 0 Å². The fraction of sp³-hybridized carbons (Fsp3) is 0.500. The van der Waals surface area contributed by atoms with Gasteiger partial charge in [0.1, 0.15) is 0 Å².